The van der Waals surface area contributed by atoms with E-state index < -0.39 is 23.8 Å². The van der Waals surface area contributed by atoms with Gasteiger partial charge in [0.15, 0.2) is 0 Å². The number of hydrogen-bond donors (Lipinski definition) is 0. The Morgan fingerprint density at radius 1 is 1.00 bits per heavy atom. The van der Waals surface area contributed by atoms with Gasteiger partial charge in [-0.25, -0.2) is 9.78 Å². The molecule has 0 spiro atoms. The Morgan fingerprint density at radius 3 is 2.45 bits per heavy atom. The van der Waals surface area contributed by atoms with Crippen LogP contribution in [0.4, 0.5) is 0 Å². The summed E-state index contributed by atoms with van der Waals surface area (Å²) in [5.41, 5.74) is 5.01. The number of rotatable bonds is 5. The van der Waals surface area contributed by atoms with Crippen molar-refractivity contribution in [2.75, 3.05) is 14.2 Å². The fourth-order valence-electron chi connectivity index (χ4n) is 4.13. The number of esters is 2. The summed E-state index contributed by atoms with van der Waals surface area (Å²) in [5, 5.41) is 2.83. The van der Waals surface area contributed by atoms with Crippen LogP contribution in [0.1, 0.15) is 25.3 Å². The van der Waals surface area contributed by atoms with Gasteiger partial charge >= 0.3 is 11.9 Å². The molecular formula is C25H23N3O4S. The zero-order valence-electron chi connectivity index (χ0n) is 18.7. The summed E-state index contributed by atoms with van der Waals surface area (Å²) in [4.78, 5) is 38.8. The molecule has 0 radical (unpaired) electrons. The second kappa shape index (κ2) is 9.46. The lowest BCUT2D eigenvalue weighted by Gasteiger charge is -2.31. The van der Waals surface area contributed by atoms with Crippen molar-refractivity contribution in [3.05, 3.63) is 71.0 Å². The number of carbonyl (C=O) groups is 2. The SMILES string of the molecule is COC(=O)C1=C(C)N=C(C)C(C(=O)OC)C1c1cccc(-c2nc(-c3ccncc3)cs2)c1. The van der Waals surface area contributed by atoms with E-state index >= 15 is 0 Å². The lowest BCUT2D eigenvalue weighted by atomic mass is 9.75. The third-order valence-electron chi connectivity index (χ3n) is 5.66. The van der Waals surface area contributed by atoms with Crippen molar-refractivity contribution in [1.29, 1.82) is 0 Å². The second-order valence-corrected chi connectivity index (χ2v) is 8.48. The normalized spacial score (nSPS) is 18.0. The molecule has 3 aromatic rings. The van der Waals surface area contributed by atoms with E-state index in [1.165, 1.54) is 25.6 Å². The highest BCUT2D eigenvalue weighted by Gasteiger charge is 2.42. The molecule has 168 valence electrons. The molecule has 7 nitrogen and oxygen atoms in total. The van der Waals surface area contributed by atoms with E-state index in [0.29, 0.717) is 17.0 Å². The third kappa shape index (κ3) is 4.34. The van der Waals surface area contributed by atoms with Crippen LogP contribution in [-0.2, 0) is 19.1 Å². The number of aromatic nitrogens is 2. The minimum atomic E-state index is -0.730. The van der Waals surface area contributed by atoms with Crippen molar-refractivity contribution >= 4 is 29.0 Å². The van der Waals surface area contributed by atoms with Crippen LogP contribution >= 0.6 is 11.3 Å². The average molecular weight is 462 g/mol. The van der Waals surface area contributed by atoms with Gasteiger partial charge in [-0.2, -0.15) is 0 Å². The first kappa shape index (κ1) is 22.5. The van der Waals surface area contributed by atoms with E-state index in [-0.39, 0.29) is 0 Å². The number of pyridine rings is 1. The predicted octanol–water partition coefficient (Wildman–Crippen LogP) is 4.67. The van der Waals surface area contributed by atoms with Crippen LogP contribution in [0, 0.1) is 5.92 Å². The van der Waals surface area contributed by atoms with Crippen molar-refractivity contribution in [3.8, 4) is 21.8 Å². The van der Waals surface area contributed by atoms with Gasteiger partial charge in [-0.05, 0) is 37.6 Å². The molecule has 33 heavy (non-hydrogen) atoms. The Morgan fingerprint density at radius 2 is 1.76 bits per heavy atom. The van der Waals surface area contributed by atoms with Gasteiger partial charge in [0, 0.05) is 46.2 Å². The van der Waals surface area contributed by atoms with Crippen molar-refractivity contribution in [1.82, 2.24) is 9.97 Å². The third-order valence-corrected chi connectivity index (χ3v) is 6.55. The molecule has 0 amide bonds. The van der Waals surface area contributed by atoms with Crippen molar-refractivity contribution < 1.29 is 19.1 Å². The Labute approximate surface area is 195 Å². The van der Waals surface area contributed by atoms with Crippen LogP contribution in [0.2, 0.25) is 0 Å². The first-order chi connectivity index (χ1) is 15.9. The first-order valence-corrected chi connectivity index (χ1v) is 11.2. The maximum absolute atomic E-state index is 12.7. The molecule has 2 atom stereocenters. The number of thiazole rings is 1. The number of hydrogen-bond acceptors (Lipinski definition) is 8. The maximum atomic E-state index is 12.7. The number of benzene rings is 1. The number of carbonyl (C=O) groups excluding carboxylic acids is 2. The fraction of sp³-hybridized carbons (Fsp3) is 0.240. The van der Waals surface area contributed by atoms with E-state index in [4.69, 9.17) is 14.5 Å². The van der Waals surface area contributed by atoms with Crippen LogP contribution in [0.5, 0.6) is 0 Å². The highest BCUT2D eigenvalue weighted by molar-refractivity contribution is 7.13. The fourth-order valence-corrected chi connectivity index (χ4v) is 4.96. The summed E-state index contributed by atoms with van der Waals surface area (Å²) in [7, 11) is 2.66. The summed E-state index contributed by atoms with van der Waals surface area (Å²) < 4.78 is 10.1. The standard InChI is InChI=1S/C25H23N3O4S/c1-14-20(24(29)31-3)22(21(15(2)27-14)25(30)32-4)17-6-5-7-18(12-17)23-28-19(13-33-23)16-8-10-26-11-9-16/h5-13,20,22H,1-4H3. The zero-order chi connectivity index (χ0) is 23.5. The lowest BCUT2D eigenvalue weighted by Crippen LogP contribution is -2.36. The Balaban J connectivity index is 1.79. The molecule has 0 bridgehead atoms. The summed E-state index contributed by atoms with van der Waals surface area (Å²) in [5.74, 6) is -2.27. The molecule has 1 aliphatic heterocycles. The van der Waals surface area contributed by atoms with Crippen molar-refractivity contribution in [2.45, 2.75) is 19.8 Å². The van der Waals surface area contributed by atoms with E-state index in [1.807, 2.05) is 41.8 Å². The van der Waals surface area contributed by atoms with E-state index in [9.17, 15) is 9.59 Å². The van der Waals surface area contributed by atoms with Gasteiger partial charge in [-0.1, -0.05) is 18.2 Å². The summed E-state index contributed by atoms with van der Waals surface area (Å²) >= 11 is 1.53. The van der Waals surface area contributed by atoms with Gasteiger partial charge in [0.1, 0.15) is 10.9 Å². The van der Waals surface area contributed by atoms with Gasteiger partial charge in [-0.3, -0.25) is 14.8 Å². The molecule has 1 aromatic carbocycles. The van der Waals surface area contributed by atoms with Gasteiger partial charge in [-0.15, -0.1) is 11.3 Å². The van der Waals surface area contributed by atoms with Crippen LogP contribution in [-0.4, -0.2) is 41.8 Å². The summed E-state index contributed by atoms with van der Waals surface area (Å²) in [6.45, 7) is 3.53. The summed E-state index contributed by atoms with van der Waals surface area (Å²) in [6, 6.07) is 11.6. The largest absolute Gasteiger partial charge is 0.468 e. The van der Waals surface area contributed by atoms with Gasteiger partial charge < -0.3 is 9.47 Å². The number of methoxy groups -OCH3 is 2. The molecule has 0 saturated heterocycles. The predicted molar refractivity (Wildman–Crippen MR) is 127 cm³/mol. The van der Waals surface area contributed by atoms with Crippen LogP contribution in [0.3, 0.4) is 0 Å². The van der Waals surface area contributed by atoms with Crippen molar-refractivity contribution in [2.24, 2.45) is 10.9 Å². The molecule has 2 aromatic heterocycles. The maximum Gasteiger partial charge on any atom is 0.336 e. The molecule has 0 saturated carbocycles. The number of allylic oxidation sites excluding steroid dienone is 1. The summed E-state index contributed by atoms with van der Waals surface area (Å²) in [6.07, 6.45) is 3.47. The number of aliphatic imine (C=N–C) groups is 1. The van der Waals surface area contributed by atoms with Gasteiger partial charge in [0.25, 0.3) is 0 Å². The molecule has 0 fully saturated rings. The average Bonchev–Trinajstić information content (AvgIpc) is 3.34. The molecular weight excluding hydrogens is 438 g/mol. The highest BCUT2D eigenvalue weighted by Crippen LogP contribution is 2.41. The molecule has 2 unspecified atom stereocenters. The highest BCUT2D eigenvalue weighted by atomic mass is 32.1. The molecule has 3 heterocycles. The van der Waals surface area contributed by atoms with E-state index in [2.05, 4.69) is 9.98 Å². The molecule has 0 N–H and O–H groups in total. The minimum absolute atomic E-state index is 0.354. The number of ether oxygens (including phenoxy) is 2. The van der Waals surface area contributed by atoms with E-state index in [0.717, 1.165) is 27.4 Å². The monoisotopic (exact) mass is 461 g/mol. The Kier molecular flexibility index (Phi) is 6.46. The van der Waals surface area contributed by atoms with Crippen LogP contribution in [0.25, 0.3) is 21.8 Å². The molecule has 1 aliphatic rings. The number of nitrogens with zero attached hydrogens (tertiary/aromatic N) is 3. The van der Waals surface area contributed by atoms with Crippen LogP contribution in [0.15, 0.2) is 70.4 Å². The first-order valence-electron chi connectivity index (χ1n) is 10.3. The van der Waals surface area contributed by atoms with Gasteiger partial charge in [0.2, 0.25) is 0 Å². The molecule has 4 rings (SSSR count). The topological polar surface area (TPSA) is 90.7 Å². The Hall–Kier alpha value is -3.65. The molecule has 8 heteroatoms. The van der Waals surface area contributed by atoms with Crippen LogP contribution < -0.4 is 0 Å². The Bertz CT molecular complexity index is 1260. The minimum Gasteiger partial charge on any atom is -0.468 e. The van der Waals surface area contributed by atoms with Gasteiger partial charge in [0.05, 0.1) is 25.5 Å². The second-order valence-electron chi connectivity index (χ2n) is 7.62. The lowest BCUT2D eigenvalue weighted by molar-refractivity contribution is -0.143. The van der Waals surface area contributed by atoms with E-state index in [1.54, 1.807) is 26.2 Å². The quantitative estimate of drug-likeness (QED) is 0.513. The molecule has 0 aliphatic carbocycles. The van der Waals surface area contributed by atoms with Crippen molar-refractivity contribution in [3.63, 3.8) is 0 Å². The smallest absolute Gasteiger partial charge is 0.336 e. The zero-order valence-corrected chi connectivity index (χ0v) is 19.6.